The third kappa shape index (κ3) is 2.84. The SMILES string of the molecule is CCCN1CCN(C2CCCc3cc(O)ccc32)CC1. The summed E-state index contributed by atoms with van der Waals surface area (Å²) in [6, 6.07) is 6.54. The maximum Gasteiger partial charge on any atom is 0.115 e. The molecular weight excluding hydrogens is 248 g/mol. The Morgan fingerprint density at radius 3 is 2.75 bits per heavy atom. The zero-order chi connectivity index (χ0) is 13.9. The lowest BCUT2D eigenvalue weighted by Crippen LogP contribution is -2.48. The fourth-order valence-electron chi connectivity index (χ4n) is 3.77. The van der Waals surface area contributed by atoms with Gasteiger partial charge in [-0.25, -0.2) is 0 Å². The van der Waals surface area contributed by atoms with E-state index in [1.165, 1.54) is 63.1 Å². The summed E-state index contributed by atoms with van der Waals surface area (Å²) in [5.74, 6) is 0.414. The Labute approximate surface area is 122 Å². The van der Waals surface area contributed by atoms with Gasteiger partial charge in [0.25, 0.3) is 0 Å². The number of rotatable bonds is 3. The molecule has 0 aromatic heterocycles. The number of benzene rings is 1. The van der Waals surface area contributed by atoms with Crippen LogP contribution in [-0.4, -0.2) is 47.6 Å². The molecular formula is C17H26N2O. The van der Waals surface area contributed by atoms with Crippen LogP contribution in [0.25, 0.3) is 0 Å². The van der Waals surface area contributed by atoms with Gasteiger partial charge in [-0.05, 0) is 55.5 Å². The lowest BCUT2D eigenvalue weighted by molar-refractivity contribution is 0.0881. The van der Waals surface area contributed by atoms with Crippen LogP contribution in [0.15, 0.2) is 18.2 Å². The Morgan fingerprint density at radius 2 is 2.00 bits per heavy atom. The quantitative estimate of drug-likeness (QED) is 0.918. The summed E-state index contributed by atoms with van der Waals surface area (Å²) in [5.41, 5.74) is 2.82. The molecule has 0 amide bonds. The second-order valence-corrected chi connectivity index (χ2v) is 6.17. The van der Waals surface area contributed by atoms with E-state index < -0.39 is 0 Å². The van der Waals surface area contributed by atoms with Crippen molar-refractivity contribution < 1.29 is 5.11 Å². The monoisotopic (exact) mass is 274 g/mol. The average molecular weight is 274 g/mol. The van der Waals surface area contributed by atoms with Crippen LogP contribution in [-0.2, 0) is 6.42 Å². The first kappa shape index (κ1) is 13.9. The molecule has 1 unspecified atom stereocenters. The first-order valence-corrected chi connectivity index (χ1v) is 8.06. The minimum absolute atomic E-state index is 0.414. The predicted octanol–water partition coefficient (Wildman–Crippen LogP) is 2.80. The number of aryl methyl sites for hydroxylation is 1. The largest absolute Gasteiger partial charge is 0.508 e. The molecule has 1 saturated heterocycles. The maximum atomic E-state index is 9.66. The number of hydrogen-bond acceptors (Lipinski definition) is 3. The number of phenolic OH excluding ortho intramolecular Hbond substituents is 1. The highest BCUT2D eigenvalue weighted by molar-refractivity contribution is 5.38. The Morgan fingerprint density at radius 1 is 1.20 bits per heavy atom. The summed E-state index contributed by atoms with van der Waals surface area (Å²) in [4.78, 5) is 5.23. The highest BCUT2D eigenvalue weighted by Crippen LogP contribution is 2.36. The molecule has 3 rings (SSSR count). The molecule has 20 heavy (non-hydrogen) atoms. The van der Waals surface area contributed by atoms with E-state index in [2.05, 4.69) is 22.8 Å². The van der Waals surface area contributed by atoms with Gasteiger partial charge in [0.1, 0.15) is 5.75 Å². The van der Waals surface area contributed by atoms with E-state index in [-0.39, 0.29) is 0 Å². The Balaban J connectivity index is 1.70. The maximum absolute atomic E-state index is 9.66. The fourth-order valence-corrected chi connectivity index (χ4v) is 3.77. The lowest BCUT2D eigenvalue weighted by atomic mass is 9.86. The van der Waals surface area contributed by atoms with Crippen molar-refractivity contribution in [3.05, 3.63) is 29.3 Å². The lowest BCUT2D eigenvalue weighted by Gasteiger charge is -2.41. The zero-order valence-corrected chi connectivity index (χ0v) is 12.5. The number of phenols is 1. The molecule has 1 heterocycles. The van der Waals surface area contributed by atoms with Gasteiger partial charge in [0.05, 0.1) is 0 Å². The van der Waals surface area contributed by atoms with E-state index in [1.54, 1.807) is 0 Å². The summed E-state index contributed by atoms with van der Waals surface area (Å²) in [5, 5.41) is 9.66. The molecule has 0 radical (unpaired) electrons. The minimum atomic E-state index is 0.414. The summed E-state index contributed by atoms with van der Waals surface area (Å²) >= 11 is 0. The zero-order valence-electron chi connectivity index (χ0n) is 12.5. The number of hydrogen-bond donors (Lipinski definition) is 1. The molecule has 3 nitrogen and oxygen atoms in total. The van der Waals surface area contributed by atoms with Gasteiger partial charge >= 0.3 is 0 Å². The average Bonchev–Trinajstić information content (AvgIpc) is 2.47. The molecule has 1 aliphatic carbocycles. The highest BCUT2D eigenvalue weighted by atomic mass is 16.3. The molecule has 1 fully saturated rings. The van der Waals surface area contributed by atoms with Crippen LogP contribution in [0, 0.1) is 0 Å². The van der Waals surface area contributed by atoms with Crippen LogP contribution in [0.5, 0.6) is 5.75 Å². The fraction of sp³-hybridized carbons (Fsp3) is 0.647. The van der Waals surface area contributed by atoms with E-state index in [4.69, 9.17) is 0 Å². The van der Waals surface area contributed by atoms with Crippen molar-refractivity contribution in [3.63, 3.8) is 0 Å². The Bertz CT molecular complexity index is 452. The standard InChI is InChI=1S/C17H26N2O/c1-2-8-18-9-11-19(12-10-18)17-5-3-4-14-13-15(20)6-7-16(14)17/h6-7,13,17,20H,2-5,8-12H2,1H3. The molecule has 2 aliphatic rings. The van der Waals surface area contributed by atoms with Crippen molar-refractivity contribution in [1.82, 2.24) is 9.80 Å². The topological polar surface area (TPSA) is 26.7 Å². The third-order valence-electron chi connectivity index (χ3n) is 4.80. The van der Waals surface area contributed by atoms with E-state index >= 15 is 0 Å². The number of aromatic hydroxyl groups is 1. The molecule has 1 N–H and O–H groups in total. The summed E-state index contributed by atoms with van der Waals surface area (Å²) in [6.07, 6.45) is 4.89. The van der Waals surface area contributed by atoms with Gasteiger partial charge in [-0.15, -0.1) is 0 Å². The normalized spacial score (nSPS) is 24.6. The van der Waals surface area contributed by atoms with Crippen LogP contribution in [0.2, 0.25) is 0 Å². The van der Waals surface area contributed by atoms with Crippen molar-refractivity contribution in [2.24, 2.45) is 0 Å². The second-order valence-electron chi connectivity index (χ2n) is 6.17. The first-order valence-electron chi connectivity index (χ1n) is 8.06. The second kappa shape index (κ2) is 6.15. The van der Waals surface area contributed by atoms with Crippen LogP contribution in [0.3, 0.4) is 0 Å². The summed E-state index contributed by atoms with van der Waals surface area (Å²) in [6.45, 7) is 8.28. The van der Waals surface area contributed by atoms with Crippen molar-refractivity contribution in [2.75, 3.05) is 32.7 Å². The van der Waals surface area contributed by atoms with Crippen LogP contribution >= 0.6 is 0 Å². The van der Waals surface area contributed by atoms with Gasteiger partial charge in [-0.3, -0.25) is 4.90 Å². The molecule has 110 valence electrons. The predicted molar refractivity (Wildman–Crippen MR) is 82.1 cm³/mol. The molecule has 1 aliphatic heterocycles. The van der Waals surface area contributed by atoms with Crippen molar-refractivity contribution in [3.8, 4) is 5.75 Å². The van der Waals surface area contributed by atoms with E-state index in [9.17, 15) is 5.11 Å². The van der Waals surface area contributed by atoms with Gasteiger partial charge in [0.2, 0.25) is 0 Å². The van der Waals surface area contributed by atoms with Gasteiger partial charge in [-0.2, -0.15) is 0 Å². The molecule has 1 aromatic rings. The van der Waals surface area contributed by atoms with Gasteiger partial charge in [0, 0.05) is 32.2 Å². The van der Waals surface area contributed by atoms with E-state index in [0.29, 0.717) is 11.8 Å². The van der Waals surface area contributed by atoms with Gasteiger partial charge in [-0.1, -0.05) is 13.0 Å². The number of fused-ring (bicyclic) bond motifs is 1. The third-order valence-corrected chi connectivity index (χ3v) is 4.80. The minimum Gasteiger partial charge on any atom is -0.508 e. The van der Waals surface area contributed by atoms with Crippen LogP contribution in [0.4, 0.5) is 0 Å². The molecule has 0 bridgehead atoms. The van der Waals surface area contributed by atoms with Crippen LogP contribution < -0.4 is 0 Å². The summed E-state index contributed by atoms with van der Waals surface area (Å²) < 4.78 is 0. The molecule has 0 spiro atoms. The van der Waals surface area contributed by atoms with Crippen molar-refractivity contribution >= 4 is 0 Å². The molecule has 1 atom stereocenters. The van der Waals surface area contributed by atoms with E-state index in [1.807, 2.05) is 12.1 Å². The molecule has 0 saturated carbocycles. The van der Waals surface area contributed by atoms with Crippen LogP contribution in [0.1, 0.15) is 43.4 Å². The summed E-state index contributed by atoms with van der Waals surface area (Å²) in [7, 11) is 0. The van der Waals surface area contributed by atoms with Crippen molar-refractivity contribution in [1.29, 1.82) is 0 Å². The van der Waals surface area contributed by atoms with E-state index in [0.717, 1.165) is 6.42 Å². The van der Waals surface area contributed by atoms with Crippen molar-refractivity contribution in [2.45, 2.75) is 38.6 Å². The Kier molecular flexibility index (Phi) is 4.27. The highest BCUT2D eigenvalue weighted by Gasteiger charge is 2.28. The Hall–Kier alpha value is -1.06. The molecule has 3 heteroatoms. The van der Waals surface area contributed by atoms with Gasteiger partial charge in [0.15, 0.2) is 0 Å². The number of piperazine rings is 1. The number of nitrogens with zero attached hydrogens (tertiary/aromatic N) is 2. The first-order chi connectivity index (χ1) is 9.78. The molecule has 1 aromatic carbocycles. The van der Waals surface area contributed by atoms with Gasteiger partial charge < -0.3 is 10.0 Å². The smallest absolute Gasteiger partial charge is 0.115 e.